The number of anilines is 1. The zero-order valence-corrected chi connectivity index (χ0v) is 12.8. The van der Waals surface area contributed by atoms with Crippen LogP contribution in [0, 0.1) is 5.92 Å². The molecule has 0 aliphatic rings. The summed E-state index contributed by atoms with van der Waals surface area (Å²) in [5.41, 5.74) is 2.04. The molecule has 2 rings (SSSR count). The van der Waals surface area contributed by atoms with E-state index in [4.69, 9.17) is 5.11 Å². The first-order valence-electron chi connectivity index (χ1n) is 6.53. The molecule has 102 valence electrons. The summed E-state index contributed by atoms with van der Waals surface area (Å²) in [6.45, 7) is 4.52. The minimum Gasteiger partial charge on any atom is -0.396 e. The fourth-order valence-corrected chi connectivity index (χ4v) is 2.51. The summed E-state index contributed by atoms with van der Waals surface area (Å²) >= 11 is 3.46. The van der Waals surface area contributed by atoms with Crippen molar-refractivity contribution in [1.82, 2.24) is 4.98 Å². The molecule has 0 bridgehead atoms. The van der Waals surface area contributed by atoms with Gasteiger partial charge in [0.2, 0.25) is 0 Å². The molecule has 1 aromatic carbocycles. The summed E-state index contributed by atoms with van der Waals surface area (Å²) in [6.07, 6.45) is 2.56. The smallest absolute Gasteiger partial charge is 0.0733 e. The Hall–Kier alpha value is -1.13. The van der Waals surface area contributed by atoms with Crippen LogP contribution in [-0.2, 0) is 0 Å². The maximum Gasteiger partial charge on any atom is 0.0733 e. The van der Waals surface area contributed by atoms with Crippen molar-refractivity contribution in [1.29, 1.82) is 0 Å². The number of aromatic nitrogens is 1. The van der Waals surface area contributed by atoms with E-state index < -0.39 is 0 Å². The molecule has 1 aromatic heterocycles. The molecule has 2 N–H and O–H groups in total. The second kappa shape index (κ2) is 6.35. The lowest BCUT2D eigenvalue weighted by Gasteiger charge is -2.23. The molecule has 19 heavy (non-hydrogen) atoms. The first-order chi connectivity index (χ1) is 9.11. The van der Waals surface area contributed by atoms with Gasteiger partial charge in [-0.1, -0.05) is 29.8 Å². The standard InChI is InChI=1S/C15H19BrN2O/c1-10(2)13(6-8-19)18-14-5-7-17-15-9-11(16)3-4-12(14)15/h3-5,7,9-10,13,19H,6,8H2,1-2H3,(H,17,18). The number of aliphatic hydroxyl groups excluding tert-OH is 1. The molecule has 0 aliphatic heterocycles. The second-order valence-electron chi connectivity index (χ2n) is 5.03. The van der Waals surface area contributed by atoms with Gasteiger partial charge in [0.15, 0.2) is 0 Å². The van der Waals surface area contributed by atoms with Gasteiger partial charge >= 0.3 is 0 Å². The Labute approximate surface area is 122 Å². The predicted molar refractivity (Wildman–Crippen MR) is 83.4 cm³/mol. The molecule has 0 spiro atoms. The molecule has 3 nitrogen and oxygen atoms in total. The van der Waals surface area contributed by atoms with Crippen molar-refractivity contribution in [3.05, 3.63) is 34.9 Å². The number of hydrogen-bond donors (Lipinski definition) is 2. The summed E-state index contributed by atoms with van der Waals surface area (Å²) in [7, 11) is 0. The number of aliphatic hydroxyl groups is 1. The van der Waals surface area contributed by atoms with Gasteiger partial charge in [0.1, 0.15) is 0 Å². The molecule has 0 aliphatic carbocycles. The third-order valence-corrected chi connectivity index (χ3v) is 3.78. The highest BCUT2D eigenvalue weighted by Crippen LogP contribution is 2.26. The van der Waals surface area contributed by atoms with Crippen LogP contribution in [-0.4, -0.2) is 22.7 Å². The van der Waals surface area contributed by atoms with Crippen molar-refractivity contribution in [3.63, 3.8) is 0 Å². The van der Waals surface area contributed by atoms with Gasteiger partial charge in [0, 0.05) is 34.4 Å². The van der Waals surface area contributed by atoms with Gasteiger partial charge in [0.25, 0.3) is 0 Å². The number of hydrogen-bond acceptors (Lipinski definition) is 3. The summed E-state index contributed by atoms with van der Waals surface area (Å²) in [5.74, 6) is 0.464. The van der Waals surface area contributed by atoms with Gasteiger partial charge in [-0.3, -0.25) is 4.98 Å². The number of halogens is 1. The molecule has 0 amide bonds. The normalized spacial score (nSPS) is 12.9. The van der Waals surface area contributed by atoms with E-state index in [1.54, 1.807) is 0 Å². The maximum atomic E-state index is 9.15. The molecule has 2 aromatic rings. The monoisotopic (exact) mass is 322 g/mol. The Morgan fingerprint density at radius 3 is 2.79 bits per heavy atom. The van der Waals surface area contributed by atoms with Crippen molar-refractivity contribution < 1.29 is 5.11 Å². The molecule has 4 heteroatoms. The molecular weight excluding hydrogens is 304 g/mol. The average molecular weight is 323 g/mol. The van der Waals surface area contributed by atoms with Crippen molar-refractivity contribution in [3.8, 4) is 0 Å². The van der Waals surface area contributed by atoms with Crippen LogP contribution in [0.2, 0.25) is 0 Å². The van der Waals surface area contributed by atoms with E-state index in [9.17, 15) is 0 Å². The molecule has 1 heterocycles. The molecule has 1 unspecified atom stereocenters. The second-order valence-corrected chi connectivity index (χ2v) is 5.94. The Morgan fingerprint density at radius 2 is 2.11 bits per heavy atom. The minimum absolute atomic E-state index is 0.199. The van der Waals surface area contributed by atoms with E-state index in [2.05, 4.69) is 46.1 Å². The number of benzene rings is 1. The molecule has 0 fully saturated rings. The van der Waals surface area contributed by atoms with Crippen LogP contribution in [0.25, 0.3) is 10.9 Å². The zero-order chi connectivity index (χ0) is 13.8. The highest BCUT2D eigenvalue weighted by molar-refractivity contribution is 9.10. The Kier molecular flexibility index (Phi) is 4.77. The lowest BCUT2D eigenvalue weighted by atomic mass is 10.0. The van der Waals surface area contributed by atoms with Crippen molar-refractivity contribution in [2.75, 3.05) is 11.9 Å². The van der Waals surface area contributed by atoms with Gasteiger partial charge < -0.3 is 10.4 Å². The highest BCUT2D eigenvalue weighted by Gasteiger charge is 2.13. The first-order valence-corrected chi connectivity index (χ1v) is 7.33. The van der Waals surface area contributed by atoms with Crippen LogP contribution >= 0.6 is 15.9 Å². The van der Waals surface area contributed by atoms with Crippen LogP contribution < -0.4 is 5.32 Å². The first kappa shape index (κ1) is 14.3. The van der Waals surface area contributed by atoms with Crippen LogP contribution in [0.1, 0.15) is 20.3 Å². The number of rotatable bonds is 5. The maximum absolute atomic E-state index is 9.15. The number of nitrogens with zero attached hydrogens (tertiary/aromatic N) is 1. The van der Waals surface area contributed by atoms with Gasteiger partial charge in [-0.25, -0.2) is 0 Å². The van der Waals surface area contributed by atoms with Gasteiger partial charge in [-0.2, -0.15) is 0 Å². The van der Waals surface area contributed by atoms with Crippen molar-refractivity contribution in [2.24, 2.45) is 5.92 Å². The van der Waals surface area contributed by atoms with Gasteiger partial charge in [-0.15, -0.1) is 0 Å². The summed E-state index contributed by atoms with van der Waals surface area (Å²) in [4.78, 5) is 4.38. The van der Waals surface area contributed by atoms with Crippen molar-refractivity contribution >= 4 is 32.5 Å². The summed E-state index contributed by atoms with van der Waals surface area (Å²) in [6, 6.07) is 8.34. The number of pyridine rings is 1. The third kappa shape index (κ3) is 3.45. The van der Waals surface area contributed by atoms with E-state index in [0.717, 1.165) is 27.5 Å². The summed E-state index contributed by atoms with van der Waals surface area (Å²) in [5, 5.41) is 13.8. The molecular formula is C15H19BrN2O. The van der Waals surface area contributed by atoms with E-state index >= 15 is 0 Å². The van der Waals surface area contributed by atoms with Crippen LogP contribution in [0.15, 0.2) is 34.9 Å². The Morgan fingerprint density at radius 1 is 1.32 bits per heavy atom. The molecule has 0 radical (unpaired) electrons. The highest BCUT2D eigenvalue weighted by atomic mass is 79.9. The lowest BCUT2D eigenvalue weighted by molar-refractivity contribution is 0.267. The molecule has 0 saturated heterocycles. The average Bonchev–Trinajstić information content (AvgIpc) is 2.37. The van der Waals surface area contributed by atoms with Crippen molar-refractivity contribution in [2.45, 2.75) is 26.3 Å². The van der Waals surface area contributed by atoms with Gasteiger partial charge in [0.05, 0.1) is 5.52 Å². The van der Waals surface area contributed by atoms with E-state index in [1.807, 2.05) is 24.4 Å². The van der Waals surface area contributed by atoms with E-state index in [1.165, 1.54) is 0 Å². The topological polar surface area (TPSA) is 45.1 Å². The quantitative estimate of drug-likeness (QED) is 0.879. The van der Waals surface area contributed by atoms with E-state index in [0.29, 0.717) is 5.92 Å². The van der Waals surface area contributed by atoms with Crippen LogP contribution in [0.4, 0.5) is 5.69 Å². The minimum atomic E-state index is 0.199. The largest absolute Gasteiger partial charge is 0.396 e. The predicted octanol–water partition coefficient (Wildman–Crippen LogP) is 3.82. The lowest BCUT2D eigenvalue weighted by Crippen LogP contribution is -2.26. The number of nitrogens with one attached hydrogen (secondary N) is 1. The van der Waals surface area contributed by atoms with Crippen LogP contribution in [0.5, 0.6) is 0 Å². The fourth-order valence-electron chi connectivity index (χ4n) is 2.16. The third-order valence-electron chi connectivity index (χ3n) is 3.29. The molecule has 0 saturated carbocycles. The van der Waals surface area contributed by atoms with E-state index in [-0.39, 0.29) is 12.6 Å². The fraction of sp³-hybridized carbons (Fsp3) is 0.400. The Balaban J connectivity index is 2.34. The van der Waals surface area contributed by atoms with Gasteiger partial charge in [-0.05, 0) is 36.6 Å². The van der Waals surface area contributed by atoms with Crippen LogP contribution in [0.3, 0.4) is 0 Å². The Bertz CT molecular complexity index is 557. The zero-order valence-electron chi connectivity index (χ0n) is 11.2. The molecule has 1 atom stereocenters. The summed E-state index contributed by atoms with van der Waals surface area (Å²) < 4.78 is 1.03. The number of fused-ring (bicyclic) bond motifs is 1. The SMILES string of the molecule is CC(C)C(CCO)Nc1ccnc2cc(Br)ccc12.